The third-order valence-electron chi connectivity index (χ3n) is 5.21. The molecule has 1 heterocycles. The highest BCUT2D eigenvalue weighted by atomic mass is 127. The maximum Gasteiger partial charge on any atom is 0.269 e. The van der Waals surface area contributed by atoms with Crippen molar-refractivity contribution in [2.45, 2.75) is 25.4 Å². The molecule has 1 aliphatic rings. The van der Waals surface area contributed by atoms with E-state index in [0.29, 0.717) is 16.2 Å². The van der Waals surface area contributed by atoms with E-state index in [9.17, 15) is 14.9 Å². The molecule has 3 aromatic rings. The van der Waals surface area contributed by atoms with E-state index in [1.165, 1.54) is 29.5 Å². The lowest BCUT2D eigenvalue weighted by molar-refractivity contribution is -0.384. The Morgan fingerprint density at radius 3 is 2.66 bits per heavy atom. The summed E-state index contributed by atoms with van der Waals surface area (Å²) in [6.07, 6.45) is 2.83. The van der Waals surface area contributed by atoms with E-state index in [4.69, 9.17) is 4.74 Å². The van der Waals surface area contributed by atoms with E-state index >= 15 is 0 Å². The number of nitro benzene ring substituents is 1. The van der Waals surface area contributed by atoms with E-state index in [2.05, 4.69) is 68.2 Å². The molecule has 1 amide bonds. The molecule has 0 bridgehead atoms. The number of hydrogen-bond acceptors (Lipinski definition) is 6. The Hall–Kier alpha value is -2.57. The Morgan fingerprint density at radius 1 is 1.20 bits per heavy atom. The summed E-state index contributed by atoms with van der Waals surface area (Å²) in [4.78, 5) is 23.7. The van der Waals surface area contributed by atoms with Gasteiger partial charge in [-0.2, -0.15) is 0 Å². The average Bonchev–Trinajstić information content (AvgIpc) is 3.17. The number of halogens is 2. The molecule has 0 saturated carbocycles. The average molecular weight is 666 g/mol. The van der Waals surface area contributed by atoms with Crippen molar-refractivity contribution >= 4 is 73.6 Å². The molecule has 0 unspecified atom stereocenters. The second kappa shape index (κ2) is 11.4. The first-order valence-corrected chi connectivity index (χ1v) is 13.5. The van der Waals surface area contributed by atoms with Crippen LogP contribution in [0.1, 0.15) is 23.6 Å². The highest BCUT2D eigenvalue weighted by molar-refractivity contribution is 14.1. The summed E-state index contributed by atoms with van der Waals surface area (Å²) < 4.78 is 7.52. The summed E-state index contributed by atoms with van der Waals surface area (Å²) in [5, 5.41) is 17.3. The smallest absolute Gasteiger partial charge is 0.269 e. The van der Waals surface area contributed by atoms with Gasteiger partial charge in [0.05, 0.1) is 17.9 Å². The number of nitrogens with zero attached hydrogens (tertiary/aromatic N) is 1. The van der Waals surface area contributed by atoms with Crippen molar-refractivity contribution in [3.63, 3.8) is 0 Å². The van der Waals surface area contributed by atoms with Crippen LogP contribution in [0.2, 0.25) is 0 Å². The topological polar surface area (TPSA) is 93.5 Å². The lowest BCUT2D eigenvalue weighted by Gasteiger charge is -2.13. The number of nitrogens with one attached hydrogen (secondary N) is 2. The van der Waals surface area contributed by atoms with Gasteiger partial charge >= 0.3 is 0 Å². The number of carbonyl (C=O) groups excluding carboxylic acids is 1. The SMILES string of the molecule is CCc1ccc(N[C@@H]2NC(=O)/C(=C/c3cc(Br)c(OCc4cccc([N+](=O)[O-])c4)c(I)c3)S2)cc1. The van der Waals surface area contributed by atoms with Crippen LogP contribution in [0.3, 0.4) is 0 Å². The Kier molecular flexibility index (Phi) is 8.34. The number of non-ortho nitro benzene ring substituents is 1. The van der Waals surface area contributed by atoms with Crippen LogP contribution >= 0.6 is 50.3 Å². The van der Waals surface area contributed by atoms with E-state index < -0.39 is 4.92 Å². The second-order valence-corrected chi connectivity index (χ2v) is 10.9. The fraction of sp³-hybridized carbons (Fsp3) is 0.160. The van der Waals surface area contributed by atoms with E-state index in [1.807, 2.05) is 30.3 Å². The van der Waals surface area contributed by atoms with Crippen LogP contribution in [0.25, 0.3) is 6.08 Å². The highest BCUT2D eigenvalue weighted by Gasteiger charge is 2.27. The normalized spacial score (nSPS) is 16.3. The zero-order chi connectivity index (χ0) is 24.9. The van der Waals surface area contributed by atoms with Gasteiger partial charge in [0, 0.05) is 17.8 Å². The van der Waals surface area contributed by atoms with Gasteiger partial charge in [0.2, 0.25) is 0 Å². The van der Waals surface area contributed by atoms with Gasteiger partial charge in [-0.15, -0.1) is 0 Å². The summed E-state index contributed by atoms with van der Waals surface area (Å²) in [5.41, 5.74) is 3.55. The third-order valence-corrected chi connectivity index (χ3v) is 7.63. The summed E-state index contributed by atoms with van der Waals surface area (Å²) in [7, 11) is 0. The number of amides is 1. The van der Waals surface area contributed by atoms with E-state index in [1.54, 1.807) is 12.1 Å². The second-order valence-electron chi connectivity index (χ2n) is 7.70. The predicted molar refractivity (Wildman–Crippen MR) is 151 cm³/mol. The molecule has 10 heteroatoms. The molecule has 0 aromatic heterocycles. The lowest BCUT2D eigenvalue weighted by atomic mass is 10.1. The molecule has 35 heavy (non-hydrogen) atoms. The fourth-order valence-corrected chi connectivity index (χ4v) is 6.17. The molecule has 4 rings (SSSR count). The van der Waals surface area contributed by atoms with E-state index in [0.717, 1.165) is 25.7 Å². The summed E-state index contributed by atoms with van der Waals surface area (Å²) in [6, 6.07) is 18.4. The van der Waals surface area contributed by atoms with Gasteiger partial charge in [-0.25, -0.2) is 0 Å². The minimum Gasteiger partial charge on any atom is -0.487 e. The Morgan fingerprint density at radius 2 is 1.97 bits per heavy atom. The van der Waals surface area contributed by atoms with Gasteiger partial charge in [-0.1, -0.05) is 43.0 Å². The lowest BCUT2D eigenvalue weighted by Crippen LogP contribution is -2.30. The molecule has 1 saturated heterocycles. The van der Waals surface area contributed by atoms with Crippen LogP contribution in [0.4, 0.5) is 11.4 Å². The minimum absolute atomic E-state index is 0.0277. The zero-order valence-electron chi connectivity index (χ0n) is 18.6. The van der Waals surface area contributed by atoms with Crippen LogP contribution < -0.4 is 15.4 Å². The van der Waals surface area contributed by atoms with Crippen molar-refractivity contribution in [3.05, 3.63) is 100 Å². The molecule has 0 aliphatic carbocycles. The van der Waals surface area contributed by atoms with Crippen LogP contribution in [0.15, 0.2) is 70.0 Å². The quantitative estimate of drug-likeness (QED) is 0.120. The van der Waals surface area contributed by atoms with Gasteiger partial charge in [-0.3, -0.25) is 14.9 Å². The van der Waals surface area contributed by atoms with Crippen molar-refractivity contribution in [2.75, 3.05) is 5.32 Å². The number of hydrogen-bond donors (Lipinski definition) is 2. The van der Waals surface area contributed by atoms with Gasteiger partial charge in [0.25, 0.3) is 11.6 Å². The third kappa shape index (κ3) is 6.56. The molecule has 180 valence electrons. The Balaban J connectivity index is 1.43. The van der Waals surface area contributed by atoms with Crippen molar-refractivity contribution in [1.29, 1.82) is 0 Å². The molecule has 0 radical (unpaired) electrons. The molecule has 3 aromatic carbocycles. The van der Waals surface area contributed by atoms with Gasteiger partial charge in [-0.05, 0) is 92.0 Å². The molecule has 0 spiro atoms. The number of thioether (sulfide) groups is 1. The molecular weight excluding hydrogens is 645 g/mol. The maximum absolute atomic E-state index is 12.5. The summed E-state index contributed by atoms with van der Waals surface area (Å²) in [6.45, 7) is 2.31. The first-order chi connectivity index (χ1) is 16.8. The summed E-state index contributed by atoms with van der Waals surface area (Å²) in [5.74, 6) is 0.507. The zero-order valence-corrected chi connectivity index (χ0v) is 23.1. The van der Waals surface area contributed by atoms with Crippen LogP contribution in [0.5, 0.6) is 5.75 Å². The van der Waals surface area contributed by atoms with Crippen molar-refractivity contribution in [2.24, 2.45) is 0 Å². The van der Waals surface area contributed by atoms with Gasteiger partial charge in [0.1, 0.15) is 12.4 Å². The molecule has 1 aliphatic heterocycles. The number of rotatable bonds is 8. The number of ether oxygens (including phenoxy) is 1. The number of aryl methyl sites for hydroxylation is 1. The molecule has 7 nitrogen and oxygen atoms in total. The maximum atomic E-state index is 12.5. The van der Waals surface area contributed by atoms with Gasteiger partial charge < -0.3 is 15.4 Å². The molecule has 1 fully saturated rings. The molecular formula is C25H21BrIN3O4S. The Labute approximate surface area is 229 Å². The number of nitro groups is 1. The molecule has 2 N–H and O–H groups in total. The van der Waals surface area contributed by atoms with Crippen LogP contribution in [0, 0.1) is 13.7 Å². The summed E-state index contributed by atoms with van der Waals surface area (Å²) >= 11 is 7.16. The van der Waals surface area contributed by atoms with Crippen molar-refractivity contribution < 1.29 is 14.5 Å². The molecule has 1 atom stereocenters. The monoisotopic (exact) mass is 665 g/mol. The largest absolute Gasteiger partial charge is 0.487 e. The first kappa shape index (κ1) is 25.5. The first-order valence-electron chi connectivity index (χ1n) is 10.7. The number of carbonyl (C=O) groups is 1. The van der Waals surface area contributed by atoms with Crippen molar-refractivity contribution in [3.8, 4) is 5.75 Å². The van der Waals surface area contributed by atoms with Gasteiger partial charge in [0.15, 0.2) is 5.50 Å². The van der Waals surface area contributed by atoms with E-state index in [-0.39, 0.29) is 23.7 Å². The van der Waals surface area contributed by atoms with Crippen molar-refractivity contribution in [1.82, 2.24) is 5.32 Å². The van der Waals surface area contributed by atoms with Crippen LogP contribution in [-0.2, 0) is 17.8 Å². The minimum atomic E-state index is -0.426. The van der Waals surface area contributed by atoms with Crippen LogP contribution in [-0.4, -0.2) is 16.3 Å². The predicted octanol–water partition coefficient (Wildman–Crippen LogP) is 6.70. The standard InChI is InChI=1S/C25H21BrIN3O4S/c1-2-15-6-8-18(9-7-15)28-25-29-24(31)22(35-25)13-17-11-20(26)23(21(27)12-17)34-14-16-4-3-5-19(10-16)30(32)33/h3-13,25,28H,2,14H2,1H3,(H,29,31)/b22-13-/t25-/m1/s1. The number of benzene rings is 3. The number of anilines is 1. The Bertz CT molecular complexity index is 1280. The fourth-order valence-electron chi connectivity index (χ4n) is 3.42. The highest BCUT2D eigenvalue weighted by Crippen LogP contribution is 2.36.